The van der Waals surface area contributed by atoms with Crippen LogP contribution >= 0.6 is 0 Å². The van der Waals surface area contributed by atoms with Crippen LogP contribution in [0.1, 0.15) is 60.2 Å². The van der Waals surface area contributed by atoms with Crippen LogP contribution in [0.15, 0.2) is 42.5 Å². The van der Waals surface area contributed by atoms with Crippen LogP contribution in [0.5, 0.6) is 11.6 Å². The highest BCUT2D eigenvalue weighted by Gasteiger charge is 2.24. The molecule has 218 valence electrons. The molecule has 0 amide bonds. The van der Waals surface area contributed by atoms with Crippen molar-refractivity contribution in [3.05, 3.63) is 70.6 Å². The first-order valence-corrected chi connectivity index (χ1v) is 14.5. The number of carbonyl (C=O) groups is 1. The van der Waals surface area contributed by atoms with E-state index in [1.165, 1.54) is 11.1 Å². The molecule has 0 bridgehead atoms. The van der Waals surface area contributed by atoms with Gasteiger partial charge in [0.05, 0.1) is 45.7 Å². The average Bonchev–Trinajstić information content (AvgIpc) is 3.35. The van der Waals surface area contributed by atoms with Crippen LogP contribution in [0.4, 0.5) is 5.82 Å². The lowest BCUT2D eigenvalue weighted by molar-refractivity contribution is -0.143. The molecule has 3 aromatic rings. The average molecular weight is 561 g/mol. The highest BCUT2D eigenvalue weighted by molar-refractivity contribution is 5.72. The molecule has 2 aliphatic rings. The highest BCUT2D eigenvalue weighted by Crippen LogP contribution is 2.36. The van der Waals surface area contributed by atoms with Gasteiger partial charge in [0.2, 0.25) is 5.88 Å². The second-order valence-electron chi connectivity index (χ2n) is 10.5. The number of esters is 1. The summed E-state index contributed by atoms with van der Waals surface area (Å²) in [5.74, 6) is 2.00. The van der Waals surface area contributed by atoms with Crippen LogP contribution in [0.2, 0.25) is 0 Å². The Morgan fingerprint density at radius 2 is 2.07 bits per heavy atom. The Labute approximate surface area is 241 Å². The Morgan fingerprint density at radius 3 is 2.88 bits per heavy atom. The molecule has 1 atom stereocenters. The lowest BCUT2D eigenvalue weighted by Gasteiger charge is -2.21. The fraction of sp³-hybridized carbons (Fsp3) is 0.469. The van der Waals surface area contributed by atoms with Gasteiger partial charge in [-0.25, -0.2) is 9.67 Å². The number of nitrogens with zero attached hydrogens (tertiary/aromatic N) is 3. The third kappa shape index (κ3) is 7.27. The molecule has 0 spiro atoms. The standard InChI is InChI=1S/C32H40N4O5/c1-4-40-31(37)20-25(28-19-24(8-10-29(28)38-3)22-11-15-39-16-12-22)18-27-21-30(36(2)35-27)41-17-13-26-9-7-23-6-5-14-33-32(23)34-26/h7-11,19,21,25H,4-6,12-18,20H2,1-3H3,(H,33,34). The van der Waals surface area contributed by atoms with Gasteiger partial charge in [-0.3, -0.25) is 4.79 Å². The third-order valence-electron chi connectivity index (χ3n) is 7.63. The van der Waals surface area contributed by atoms with Gasteiger partial charge >= 0.3 is 5.97 Å². The molecule has 0 fully saturated rings. The SMILES string of the molecule is CCOC(=O)CC(Cc1cc(OCCc2ccc3c(n2)NCCC3)n(C)n1)c1cc(C2=CCOCC2)ccc1OC. The highest BCUT2D eigenvalue weighted by atomic mass is 16.5. The van der Waals surface area contributed by atoms with E-state index >= 15 is 0 Å². The van der Waals surface area contributed by atoms with E-state index in [4.69, 9.17) is 29.0 Å². The second-order valence-corrected chi connectivity index (χ2v) is 10.5. The van der Waals surface area contributed by atoms with Crippen molar-refractivity contribution in [3.63, 3.8) is 0 Å². The number of carbonyl (C=O) groups excluding carboxylic acids is 1. The van der Waals surface area contributed by atoms with E-state index in [1.807, 2.05) is 26.1 Å². The molecule has 0 aliphatic carbocycles. The molecule has 0 radical (unpaired) electrons. The molecule has 1 aromatic carbocycles. The minimum atomic E-state index is -0.241. The van der Waals surface area contributed by atoms with Crippen LogP contribution in [0.25, 0.3) is 5.57 Å². The maximum atomic E-state index is 12.7. The van der Waals surface area contributed by atoms with Gasteiger partial charge in [0.25, 0.3) is 0 Å². The zero-order valence-corrected chi connectivity index (χ0v) is 24.3. The third-order valence-corrected chi connectivity index (χ3v) is 7.63. The second kappa shape index (κ2) is 13.7. The summed E-state index contributed by atoms with van der Waals surface area (Å²) in [6, 6.07) is 12.4. The Hall–Kier alpha value is -3.85. The molecule has 9 heteroatoms. The molecule has 41 heavy (non-hydrogen) atoms. The number of aryl methyl sites for hydroxylation is 2. The lowest BCUT2D eigenvalue weighted by Crippen LogP contribution is -2.14. The molecule has 1 N–H and O–H groups in total. The number of fused-ring (bicyclic) bond motifs is 1. The smallest absolute Gasteiger partial charge is 0.306 e. The summed E-state index contributed by atoms with van der Waals surface area (Å²) in [6.07, 6.45) is 6.65. The zero-order chi connectivity index (χ0) is 28.6. The summed E-state index contributed by atoms with van der Waals surface area (Å²) in [5.41, 5.74) is 6.45. The number of hydrogen-bond donors (Lipinski definition) is 1. The van der Waals surface area contributed by atoms with Crippen molar-refractivity contribution in [1.82, 2.24) is 14.8 Å². The van der Waals surface area contributed by atoms with Gasteiger partial charge in [0.15, 0.2) is 0 Å². The van der Waals surface area contributed by atoms with Gasteiger partial charge in [-0.2, -0.15) is 5.10 Å². The van der Waals surface area contributed by atoms with E-state index in [9.17, 15) is 4.79 Å². The summed E-state index contributed by atoms with van der Waals surface area (Å²) < 4.78 is 24.5. The van der Waals surface area contributed by atoms with E-state index in [1.54, 1.807) is 11.8 Å². The van der Waals surface area contributed by atoms with Crippen LogP contribution in [-0.2, 0) is 40.6 Å². The van der Waals surface area contributed by atoms with E-state index in [0.29, 0.717) is 45.1 Å². The summed E-state index contributed by atoms with van der Waals surface area (Å²) in [6.45, 7) is 4.94. The maximum absolute atomic E-state index is 12.7. The maximum Gasteiger partial charge on any atom is 0.306 e. The number of benzene rings is 1. The number of rotatable bonds is 12. The molecular formula is C32H40N4O5. The van der Waals surface area contributed by atoms with Crippen LogP contribution in [-0.4, -0.2) is 60.8 Å². The van der Waals surface area contributed by atoms with Crippen LogP contribution in [0, 0.1) is 0 Å². The van der Waals surface area contributed by atoms with Gasteiger partial charge in [0.1, 0.15) is 11.6 Å². The summed E-state index contributed by atoms with van der Waals surface area (Å²) in [4.78, 5) is 17.5. The van der Waals surface area contributed by atoms with Crippen molar-refractivity contribution in [3.8, 4) is 11.6 Å². The van der Waals surface area contributed by atoms with E-state index in [-0.39, 0.29) is 18.3 Å². The summed E-state index contributed by atoms with van der Waals surface area (Å²) in [7, 11) is 3.53. The Kier molecular flexibility index (Phi) is 9.56. The Balaban J connectivity index is 1.31. The number of nitrogens with one attached hydrogen (secondary N) is 1. The number of pyridine rings is 1. The lowest BCUT2D eigenvalue weighted by atomic mass is 9.87. The predicted molar refractivity (Wildman–Crippen MR) is 158 cm³/mol. The van der Waals surface area contributed by atoms with E-state index < -0.39 is 0 Å². The molecular weight excluding hydrogens is 520 g/mol. The number of aromatic nitrogens is 3. The van der Waals surface area contributed by atoms with Crippen molar-refractivity contribution >= 4 is 17.4 Å². The molecule has 2 aliphatic heterocycles. The van der Waals surface area contributed by atoms with Crippen molar-refractivity contribution in [2.75, 3.05) is 45.4 Å². The molecule has 0 saturated heterocycles. The molecule has 4 heterocycles. The van der Waals surface area contributed by atoms with Crippen molar-refractivity contribution in [1.29, 1.82) is 0 Å². The molecule has 0 saturated carbocycles. The van der Waals surface area contributed by atoms with Crippen LogP contribution < -0.4 is 14.8 Å². The summed E-state index contributed by atoms with van der Waals surface area (Å²) in [5, 5.41) is 8.12. The Morgan fingerprint density at radius 1 is 1.17 bits per heavy atom. The fourth-order valence-electron chi connectivity index (χ4n) is 5.52. The number of anilines is 1. The first-order valence-electron chi connectivity index (χ1n) is 14.5. The van der Waals surface area contributed by atoms with Gasteiger partial charge in [-0.05, 0) is 73.1 Å². The largest absolute Gasteiger partial charge is 0.496 e. The van der Waals surface area contributed by atoms with E-state index in [2.05, 4.69) is 35.7 Å². The molecule has 5 rings (SSSR count). The normalized spacial score (nSPS) is 15.3. The van der Waals surface area contributed by atoms with Gasteiger partial charge < -0.3 is 24.3 Å². The van der Waals surface area contributed by atoms with Crippen molar-refractivity contribution in [2.45, 2.75) is 51.4 Å². The number of methoxy groups -OCH3 is 1. The molecule has 1 unspecified atom stereocenters. The minimum Gasteiger partial charge on any atom is -0.496 e. The van der Waals surface area contributed by atoms with Crippen molar-refractivity contribution in [2.24, 2.45) is 7.05 Å². The quantitative estimate of drug-likeness (QED) is 0.313. The summed E-state index contributed by atoms with van der Waals surface area (Å²) >= 11 is 0. The van der Waals surface area contributed by atoms with E-state index in [0.717, 1.165) is 59.9 Å². The fourth-order valence-corrected chi connectivity index (χ4v) is 5.52. The van der Waals surface area contributed by atoms with Gasteiger partial charge in [-0.15, -0.1) is 0 Å². The van der Waals surface area contributed by atoms with Gasteiger partial charge in [-0.1, -0.05) is 18.2 Å². The zero-order valence-electron chi connectivity index (χ0n) is 24.3. The van der Waals surface area contributed by atoms with Crippen molar-refractivity contribution < 1.29 is 23.7 Å². The Bertz CT molecular complexity index is 1380. The first-order chi connectivity index (χ1) is 20.0. The topological polar surface area (TPSA) is 96.7 Å². The monoisotopic (exact) mass is 560 g/mol. The first kappa shape index (κ1) is 28.7. The molecule has 2 aromatic heterocycles. The minimum absolute atomic E-state index is 0.181. The molecule has 9 nitrogen and oxygen atoms in total. The number of hydrogen-bond acceptors (Lipinski definition) is 8. The van der Waals surface area contributed by atoms with Crippen LogP contribution in [0.3, 0.4) is 0 Å². The van der Waals surface area contributed by atoms with Gasteiger partial charge in [0, 0.05) is 37.7 Å². The number of ether oxygens (including phenoxy) is 4. The predicted octanol–water partition coefficient (Wildman–Crippen LogP) is 4.89.